The van der Waals surface area contributed by atoms with E-state index in [4.69, 9.17) is 5.73 Å². The molecule has 0 aliphatic rings. The molecule has 0 atom stereocenters. The van der Waals surface area contributed by atoms with E-state index in [9.17, 15) is 19.5 Å². The van der Waals surface area contributed by atoms with Crippen LogP contribution >= 0.6 is 0 Å². The second-order valence-corrected chi connectivity index (χ2v) is 6.13. The normalized spacial score (nSPS) is 11.5. The fourth-order valence-electron chi connectivity index (χ4n) is 2.42. The van der Waals surface area contributed by atoms with E-state index in [0.717, 1.165) is 0 Å². The molecule has 2 aromatic heterocycles. The summed E-state index contributed by atoms with van der Waals surface area (Å²) in [5.74, 6) is -2.84. The molecule has 0 fully saturated rings. The summed E-state index contributed by atoms with van der Waals surface area (Å²) in [5.41, 5.74) is 10.2. The minimum Gasteiger partial charge on any atom is -0.476 e. The van der Waals surface area contributed by atoms with E-state index >= 15 is 0 Å². The minimum absolute atomic E-state index is 0.00991. The number of nitrogens with zero attached hydrogens (tertiary/aromatic N) is 4. The third kappa shape index (κ3) is 5.57. The van der Waals surface area contributed by atoms with E-state index in [0.29, 0.717) is 11.3 Å². The fourth-order valence-corrected chi connectivity index (χ4v) is 2.42. The number of hydrogen-bond donors (Lipinski definition) is 4. The highest BCUT2D eigenvalue weighted by Gasteiger charge is 2.15. The van der Waals surface area contributed by atoms with E-state index in [1.807, 2.05) is 0 Å². The fraction of sp³-hybridized carbons (Fsp3) is 0. The number of aromatic nitrogens is 2. The van der Waals surface area contributed by atoms with Crippen LogP contribution in [0.2, 0.25) is 0 Å². The van der Waals surface area contributed by atoms with Crippen molar-refractivity contribution in [2.24, 2.45) is 15.9 Å². The first-order valence-electron chi connectivity index (χ1n) is 9.14. The molecular weight excluding hydrogens is 414 g/mol. The number of nitrogens with one attached hydrogen (secondary N) is 2. The molecule has 1 aromatic carbocycles. The van der Waals surface area contributed by atoms with Crippen LogP contribution in [0.1, 0.15) is 32.2 Å². The van der Waals surface area contributed by atoms with Crippen molar-refractivity contribution in [3.63, 3.8) is 0 Å². The van der Waals surface area contributed by atoms with Gasteiger partial charge in [-0.3, -0.25) is 14.6 Å². The van der Waals surface area contributed by atoms with Crippen molar-refractivity contribution in [3.05, 3.63) is 95.6 Å². The zero-order valence-corrected chi connectivity index (χ0v) is 16.5. The van der Waals surface area contributed by atoms with Crippen molar-refractivity contribution in [3.8, 4) is 0 Å². The molecule has 0 aliphatic carbocycles. The maximum Gasteiger partial charge on any atom is 0.356 e. The van der Waals surface area contributed by atoms with Crippen LogP contribution in [0.4, 0.5) is 0 Å². The van der Waals surface area contributed by atoms with Gasteiger partial charge in [0.2, 0.25) is 0 Å². The van der Waals surface area contributed by atoms with E-state index < -0.39 is 17.8 Å². The number of carbonyl (C=O) groups excluding carboxylic acids is 2. The first kappa shape index (κ1) is 21.8. The number of amidine groups is 1. The third-order valence-electron chi connectivity index (χ3n) is 3.94. The lowest BCUT2D eigenvalue weighted by Gasteiger charge is -2.05. The van der Waals surface area contributed by atoms with Gasteiger partial charge in [0.1, 0.15) is 17.1 Å². The van der Waals surface area contributed by atoms with Gasteiger partial charge < -0.3 is 10.8 Å². The Kier molecular flexibility index (Phi) is 6.94. The summed E-state index contributed by atoms with van der Waals surface area (Å²) in [7, 11) is 0. The Bertz CT molecular complexity index is 1200. The lowest BCUT2D eigenvalue weighted by molar-refractivity contribution is -0.129. The van der Waals surface area contributed by atoms with Crippen LogP contribution in [0.15, 0.2) is 83.1 Å². The Labute approximate surface area is 181 Å². The predicted molar refractivity (Wildman–Crippen MR) is 115 cm³/mol. The molecule has 0 saturated carbocycles. The summed E-state index contributed by atoms with van der Waals surface area (Å²) in [6.45, 7) is 0. The highest BCUT2D eigenvalue weighted by molar-refractivity contribution is 6.42. The Morgan fingerprint density at radius 1 is 0.781 bits per heavy atom. The number of carboxylic acid groups (broad SMARTS) is 1. The van der Waals surface area contributed by atoms with Gasteiger partial charge in [-0.1, -0.05) is 42.5 Å². The summed E-state index contributed by atoms with van der Waals surface area (Å²) in [6.07, 6.45) is 1.53. The van der Waals surface area contributed by atoms with Crippen LogP contribution in [0.3, 0.4) is 0 Å². The molecule has 11 nitrogen and oxygen atoms in total. The van der Waals surface area contributed by atoms with Crippen LogP contribution in [0.25, 0.3) is 0 Å². The maximum absolute atomic E-state index is 12.4. The number of benzene rings is 1. The van der Waals surface area contributed by atoms with Gasteiger partial charge in [0, 0.05) is 11.8 Å². The van der Waals surface area contributed by atoms with Gasteiger partial charge in [-0.05, 0) is 24.3 Å². The molecule has 0 aliphatic heterocycles. The van der Waals surface area contributed by atoms with Crippen molar-refractivity contribution in [2.75, 3.05) is 0 Å². The third-order valence-corrected chi connectivity index (χ3v) is 3.94. The summed E-state index contributed by atoms with van der Waals surface area (Å²) in [6, 6.07) is 17.3. The lowest BCUT2D eigenvalue weighted by atomic mass is 10.1. The highest BCUT2D eigenvalue weighted by Crippen LogP contribution is 2.03. The van der Waals surface area contributed by atoms with Crippen LogP contribution in [-0.2, 0) is 4.79 Å². The van der Waals surface area contributed by atoms with E-state index in [-0.39, 0.29) is 22.9 Å². The Balaban J connectivity index is 1.71. The maximum atomic E-state index is 12.4. The molecule has 5 N–H and O–H groups in total. The Morgan fingerprint density at radius 3 is 1.97 bits per heavy atom. The minimum atomic E-state index is -1.32. The van der Waals surface area contributed by atoms with Crippen molar-refractivity contribution >= 4 is 29.3 Å². The van der Waals surface area contributed by atoms with Gasteiger partial charge in [0.25, 0.3) is 11.8 Å². The number of aliphatic carboxylic acids is 1. The Morgan fingerprint density at radius 2 is 1.38 bits per heavy atom. The summed E-state index contributed by atoms with van der Waals surface area (Å²) < 4.78 is 0. The van der Waals surface area contributed by atoms with Crippen LogP contribution < -0.4 is 16.6 Å². The number of carboxylic acids is 1. The molecular formula is C21H17N7O4. The quantitative estimate of drug-likeness (QED) is 0.243. The summed E-state index contributed by atoms with van der Waals surface area (Å²) >= 11 is 0. The SMILES string of the molecule is N/C(=N\NC(=O)c1cccc(C(=O)N/N=C(\C(=O)O)c2ccccc2)n1)c1ccccn1. The zero-order valence-electron chi connectivity index (χ0n) is 16.5. The number of rotatable bonds is 7. The van der Waals surface area contributed by atoms with Crippen molar-refractivity contribution in [1.29, 1.82) is 0 Å². The van der Waals surface area contributed by atoms with Crippen LogP contribution in [-0.4, -0.2) is 44.4 Å². The van der Waals surface area contributed by atoms with Gasteiger partial charge in [-0.15, -0.1) is 0 Å². The van der Waals surface area contributed by atoms with Gasteiger partial charge in [-0.2, -0.15) is 10.2 Å². The molecule has 0 radical (unpaired) electrons. The second kappa shape index (κ2) is 10.2. The van der Waals surface area contributed by atoms with Crippen molar-refractivity contribution < 1.29 is 19.5 Å². The average Bonchev–Trinajstić information content (AvgIpc) is 2.83. The molecule has 160 valence electrons. The molecule has 2 heterocycles. The van der Waals surface area contributed by atoms with E-state index in [1.54, 1.807) is 48.5 Å². The number of hydrazone groups is 2. The van der Waals surface area contributed by atoms with Gasteiger partial charge in [-0.25, -0.2) is 20.6 Å². The van der Waals surface area contributed by atoms with Crippen LogP contribution in [0, 0.1) is 0 Å². The second-order valence-electron chi connectivity index (χ2n) is 6.13. The van der Waals surface area contributed by atoms with E-state index in [2.05, 4.69) is 31.0 Å². The largest absolute Gasteiger partial charge is 0.476 e. The number of nitrogens with two attached hydrogens (primary N) is 1. The summed E-state index contributed by atoms with van der Waals surface area (Å²) in [4.78, 5) is 44.1. The molecule has 0 bridgehead atoms. The van der Waals surface area contributed by atoms with Crippen molar-refractivity contribution in [1.82, 2.24) is 20.8 Å². The molecule has 0 unspecified atom stereocenters. The molecule has 3 rings (SSSR count). The average molecular weight is 431 g/mol. The highest BCUT2D eigenvalue weighted by atomic mass is 16.4. The standard InChI is InChI=1S/C21H17N7O4/c22-18(14-9-4-5-12-23-14)26-28-20(30)16-11-6-10-15(24-16)19(29)27-25-17(21(31)32)13-7-2-1-3-8-13/h1-12H,(H2,22,26)(H,27,29)(H,28,30)(H,31,32)/b25-17-. The van der Waals surface area contributed by atoms with Crippen LogP contribution in [0.5, 0.6) is 0 Å². The number of hydrogen-bond acceptors (Lipinski definition) is 7. The summed E-state index contributed by atoms with van der Waals surface area (Å²) in [5, 5.41) is 16.8. The monoisotopic (exact) mass is 431 g/mol. The lowest BCUT2D eigenvalue weighted by Crippen LogP contribution is -2.27. The molecule has 0 spiro atoms. The molecule has 2 amide bonds. The molecule has 0 saturated heterocycles. The molecule has 3 aromatic rings. The van der Waals surface area contributed by atoms with Gasteiger partial charge in [0.05, 0.1) is 0 Å². The number of pyridine rings is 2. The topological polar surface area (TPSA) is 172 Å². The molecule has 11 heteroatoms. The van der Waals surface area contributed by atoms with Gasteiger partial charge >= 0.3 is 5.97 Å². The van der Waals surface area contributed by atoms with Crippen molar-refractivity contribution in [2.45, 2.75) is 0 Å². The first-order chi connectivity index (χ1) is 15.5. The number of carbonyl (C=O) groups is 3. The zero-order chi connectivity index (χ0) is 22.9. The Hall–Kier alpha value is -4.93. The first-order valence-corrected chi connectivity index (χ1v) is 9.14. The molecule has 32 heavy (non-hydrogen) atoms. The smallest absolute Gasteiger partial charge is 0.356 e. The van der Waals surface area contributed by atoms with Gasteiger partial charge in [0.15, 0.2) is 11.5 Å². The number of amides is 2. The van der Waals surface area contributed by atoms with E-state index in [1.165, 1.54) is 24.4 Å². The predicted octanol–water partition coefficient (Wildman–Crippen LogP) is 0.746.